The molecule has 0 aliphatic carbocycles. The van der Waals surface area contributed by atoms with E-state index in [2.05, 4.69) is 17.2 Å². The Bertz CT molecular complexity index is 241. The number of rotatable bonds is 6. The lowest BCUT2D eigenvalue weighted by Crippen LogP contribution is -2.49. The van der Waals surface area contributed by atoms with Gasteiger partial charge < -0.3 is 15.7 Å². The van der Waals surface area contributed by atoms with E-state index in [1.807, 2.05) is 6.92 Å². The van der Waals surface area contributed by atoms with Crippen molar-refractivity contribution in [1.29, 1.82) is 0 Å². The summed E-state index contributed by atoms with van der Waals surface area (Å²) in [6.45, 7) is 7.42. The lowest BCUT2D eigenvalue weighted by atomic mass is 9.99. The molecule has 0 saturated heterocycles. The molecule has 0 aliphatic heterocycles. The minimum Gasteiger partial charge on any atom is -0.480 e. The molecule has 0 aliphatic rings. The van der Waals surface area contributed by atoms with Crippen LogP contribution in [0.3, 0.4) is 0 Å². The van der Waals surface area contributed by atoms with E-state index in [9.17, 15) is 9.59 Å². The second-order valence-corrected chi connectivity index (χ2v) is 3.34. The Morgan fingerprint density at radius 2 is 2.13 bits per heavy atom. The highest BCUT2D eigenvalue weighted by Gasteiger charge is 2.24. The zero-order valence-electron chi connectivity index (χ0n) is 9.12. The molecule has 0 saturated carbocycles. The van der Waals surface area contributed by atoms with Gasteiger partial charge in [0.05, 0.1) is 0 Å². The van der Waals surface area contributed by atoms with Gasteiger partial charge >= 0.3 is 12.0 Å². The maximum Gasteiger partial charge on any atom is 0.326 e. The van der Waals surface area contributed by atoms with Crippen molar-refractivity contribution in [2.24, 2.45) is 5.92 Å². The molecule has 86 valence electrons. The van der Waals surface area contributed by atoms with Crippen LogP contribution in [0.4, 0.5) is 4.79 Å². The molecule has 5 nitrogen and oxygen atoms in total. The van der Waals surface area contributed by atoms with Gasteiger partial charge in [-0.15, -0.1) is 6.58 Å². The Morgan fingerprint density at radius 1 is 1.53 bits per heavy atom. The molecule has 0 rings (SSSR count). The van der Waals surface area contributed by atoms with E-state index in [0.29, 0.717) is 13.0 Å². The van der Waals surface area contributed by atoms with Gasteiger partial charge in [-0.1, -0.05) is 26.3 Å². The summed E-state index contributed by atoms with van der Waals surface area (Å²) in [5.74, 6) is -1.12. The minimum atomic E-state index is -1.02. The Kier molecular flexibility index (Phi) is 6.17. The van der Waals surface area contributed by atoms with Crippen LogP contribution in [0.25, 0.3) is 0 Å². The summed E-state index contributed by atoms with van der Waals surface area (Å²) in [7, 11) is 0. The molecule has 0 spiro atoms. The fourth-order valence-electron chi connectivity index (χ4n) is 1.04. The molecule has 0 unspecified atom stereocenters. The first-order valence-electron chi connectivity index (χ1n) is 4.91. The molecule has 0 aromatic heterocycles. The zero-order valence-corrected chi connectivity index (χ0v) is 9.12. The van der Waals surface area contributed by atoms with Crippen LogP contribution in [-0.4, -0.2) is 29.7 Å². The van der Waals surface area contributed by atoms with Crippen molar-refractivity contribution < 1.29 is 14.7 Å². The molecule has 2 atom stereocenters. The van der Waals surface area contributed by atoms with E-state index >= 15 is 0 Å². The molecule has 5 heteroatoms. The van der Waals surface area contributed by atoms with Crippen molar-refractivity contribution in [2.75, 3.05) is 6.54 Å². The van der Waals surface area contributed by atoms with Crippen molar-refractivity contribution in [3.8, 4) is 0 Å². The normalized spacial score (nSPS) is 13.7. The summed E-state index contributed by atoms with van der Waals surface area (Å²) in [5, 5.41) is 13.8. The fraction of sp³-hybridized carbons (Fsp3) is 0.600. The van der Waals surface area contributed by atoms with Gasteiger partial charge in [0.15, 0.2) is 0 Å². The number of aliphatic carboxylic acids is 1. The SMILES string of the molecule is C=CCNC(=O)N[C@H](C(=O)O)[C@H](C)CC. The fourth-order valence-corrected chi connectivity index (χ4v) is 1.04. The van der Waals surface area contributed by atoms with Gasteiger partial charge in [-0.2, -0.15) is 0 Å². The van der Waals surface area contributed by atoms with Crippen LogP contribution < -0.4 is 10.6 Å². The smallest absolute Gasteiger partial charge is 0.326 e. The van der Waals surface area contributed by atoms with E-state index in [4.69, 9.17) is 5.11 Å². The monoisotopic (exact) mass is 214 g/mol. The van der Waals surface area contributed by atoms with Crippen LogP contribution in [0, 0.1) is 5.92 Å². The largest absolute Gasteiger partial charge is 0.480 e. The predicted octanol–water partition coefficient (Wildman–Crippen LogP) is 0.971. The van der Waals surface area contributed by atoms with E-state index in [0.717, 1.165) is 0 Å². The van der Waals surface area contributed by atoms with Crippen LogP contribution in [0.1, 0.15) is 20.3 Å². The Balaban J connectivity index is 4.22. The highest BCUT2D eigenvalue weighted by molar-refractivity contribution is 5.82. The van der Waals surface area contributed by atoms with Gasteiger partial charge in [0, 0.05) is 6.54 Å². The third kappa shape index (κ3) is 5.05. The second kappa shape index (κ2) is 6.86. The summed E-state index contributed by atoms with van der Waals surface area (Å²) >= 11 is 0. The minimum absolute atomic E-state index is 0.100. The standard InChI is InChI=1S/C10H18N2O3/c1-4-6-11-10(15)12-8(9(13)14)7(3)5-2/h4,7-8H,1,5-6H2,2-3H3,(H,13,14)(H2,11,12,15)/t7-,8+/m1/s1. The summed E-state index contributed by atoms with van der Waals surface area (Å²) in [5.41, 5.74) is 0. The number of hydrogen-bond donors (Lipinski definition) is 3. The van der Waals surface area contributed by atoms with Crippen molar-refractivity contribution in [3.63, 3.8) is 0 Å². The maximum absolute atomic E-state index is 11.2. The van der Waals surface area contributed by atoms with Gasteiger partial charge in [0.25, 0.3) is 0 Å². The molecular formula is C10H18N2O3. The molecule has 15 heavy (non-hydrogen) atoms. The quantitative estimate of drug-likeness (QED) is 0.576. The molecule has 0 aromatic carbocycles. The molecule has 0 fully saturated rings. The molecular weight excluding hydrogens is 196 g/mol. The lowest BCUT2D eigenvalue weighted by molar-refractivity contribution is -0.140. The average molecular weight is 214 g/mol. The summed E-state index contributed by atoms with van der Waals surface area (Å²) < 4.78 is 0. The molecule has 0 radical (unpaired) electrons. The van der Waals surface area contributed by atoms with Gasteiger partial charge in [-0.3, -0.25) is 0 Å². The Hall–Kier alpha value is -1.52. The molecule has 0 aromatic rings. The van der Waals surface area contributed by atoms with Gasteiger partial charge in [0.1, 0.15) is 6.04 Å². The number of amides is 2. The highest BCUT2D eigenvalue weighted by Crippen LogP contribution is 2.07. The highest BCUT2D eigenvalue weighted by atomic mass is 16.4. The van der Waals surface area contributed by atoms with Crippen LogP contribution in [-0.2, 0) is 4.79 Å². The number of urea groups is 1. The third-order valence-electron chi connectivity index (χ3n) is 2.17. The summed E-state index contributed by atoms with van der Waals surface area (Å²) in [4.78, 5) is 22.1. The Morgan fingerprint density at radius 3 is 2.53 bits per heavy atom. The van der Waals surface area contributed by atoms with Crippen LogP contribution in [0.2, 0.25) is 0 Å². The topological polar surface area (TPSA) is 78.4 Å². The first-order chi connectivity index (χ1) is 7.02. The lowest BCUT2D eigenvalue weighted by Gasteiger charge is -2.20. The van der Waals surface area contributed by atoms with Crippen molar-refractivity contribution >= 4 is 12.0 Å². The number of carboxylic acid groups (broad SMARTS) is 1. The molecule has 0 bridgehead atoms. The van der Waals surface area contributed by atoms with E-state index in [1.165, 1.54) is 6.08 Å². The van der Waals surface area contributed by atoms with Crippen LogP contribution >= 0.6 is 0 Å². The van der Waals surface area contributed by atoms with E-state index in [1.54, 1.807) is 6.92 Å². The number of carboxylic acids is 1. The number of nitrogens with one attached hydrogen (secondary N) is 2. The molecule has 2 amide bonds. The Labute approximate surface area is 89.6 Å². The van der Waals surface area contributed by atoms with Crippen LogP contribution in [0.15, 0.2) is 12.7 Å². The average Bonchev–Trinajstić information content (AvgIpc) is 2.21. The summed E-state index contributed by atoms with van der Waals surface area (Å²) in [6.07, 6.45) is 2.22. The summed E-state index contributed by atoms with van der Waals surface area (Å²) in [6, 6.07) is -1.33. The maximum atomic E-state index is 11.2. The number of hydrogen-bond acceptors (Lipinski definition) is 2. The van der Waals surface area contributed by atoms with Crippen molar-refractivity contribution in [1.82, 2.24) is 10.6 Å². The van der Waals surface area contributed by atoms with Gasteiger partial charge in [0.2, 0.25) is 0 Å². The van der Waals surface area contributed by atoms with Crippen LogP contribution in [0.5, 0.6) is 0 Å². The molecule has 0 heterocycles. The molecule has 3 N–H and O–H groups in total. The van der Waals surface area contributed by atoms with Crippen molar-refractivity contribution in [2.45, 2.75) is 26.3 Å². The zero-order chi connectivity index (χ0) is 11.8. The number of carbonyl (C=O) groups excluding carboxylic acids is 1. The number of carbonyl (C=O) groups is 2. The first kappa shape index (κ1) is 13.5. The van der Waals surface area contributed by atoms with E-state index in [-0.39, 0.29) is 5.92 Å². The third-order valence-corrected chi connectivity index (χ3v) is 2.17. The van der Waals surface area contributed by atoms with Gasteiger partial charge in [-0.05, 0) is 5.92 Å². The first-order valence-corrected chi connectivity index (χ1v) is 4.91. The van der Waals surface area contributed by atoms with Crippen molar-refractivity contribution in [3.05, 3.63) is 12.7 Å². The second-order valence-electron chi connectivity index (χ2n) is 3.34. The predicted molar refractivity (Wildman–Crippen MR) is 57.6 cm³/mol. The van der Waals surface area contributed by atoms with Gasteiger partial charge in [-0.25, -0.2) is 9.59 Å². The van der Waals surface area contributed by atoms with E-state index < -0.39 is 18.0 Å².